The van der Waals surface area contributed by atoms with Gasteiger partial charge in [-0.3, -0.25) is 19.3 Å². The number of hydrogen-bond acceptors (Lipinski definition) is 9. The number of amides is 1. The number of nitrogens with zero attached hydrogens (tertiary/aromatic N) is 1. The van der Waals surface area contributed by atoms with Crippen LogP contribution in [0, 0.1) is 11.3 Å². The standard InChI is InChI=1S/C28H31N3O9S2/c1-15(2)22(32)9-6-14-31(3)28(33)17-8-5-4-7-16(17)23-18-10-12-20(29)26(41(34,35)36)24(18)40-25-19(23)11-13-21(30)27(25)42(37,38)39/h4-5,7-8,10-13,15,22,29,32H,6,9,14,30H2,1-3H3,(H,34,35,36)(H,37,38,39). The van der Waals surface area contributed by atoms with Gasteiger partial charge in [-0.1, -0.05) is 32.0 Å². The molecule has 1 atom stereocenters. The molecule has 2 aromatic carbocycles. The molecule has 12 nitrogen and oxygen atoms in total. The Balaban J connectivity index is 2.04. The highest BCUT2D eigenvalue weighted by atomic mass is 32.2. The minimum Gasteiger partial charge on any atom is -0.453 e. The predicted octanol–water partition coefficient (Wildman–Crippen LogP) is 3.63. The van der Waals surface area contributed by atoms with Crippen molar-refractivity contribution in [3.63, 3.8) is 0 Å². The predicted molar refractivity (Wildman–Crippen MR) is 155 cm³/mol. The molecular weight excluding hydrogens is 586 g/mol. The fourth-order valence-electron chi connectivity index (χ4n) is 4.86. The highest BCUT2D eigenvalue weighted by Gasteiger charge is 2.31. The first-order chi connectivity index (χ1) is 19.5. The molecule has 6 N–H and O–H groups in total. The second-order valence-electron chi connectivity index (χ2n) is 10.3. The van der Waals surface area contributed by atoms with E-state index in [4.69, 9.17) is 15.6 Å². The molecule has 2 aliphatic rings. The van der Waals surface area contributed by atoms with Crippen LogP contribution in [0.3, 0.4) is 0 Å². The van der Waals surface area contributed by atoms with E-state index < -0.39 is 64.4 Å². The summed E-state index contributed by atoms with van der Waals surface area (Å²) < 4.78 is 75.2. The van der Waals surface area contributed by atoms with Crippen molar-refractivity contribution in [2.75, 3.05) is 19.3 Å². The van der Waals surface area contributed by atoms with Gasteiger partial charge in [-0.15, -0.1) is 0 Å². The lowest BCUT2D eigenvalue weighted by atomic mass is 9.90. The van der Waals surface area contributed by atoms with Crippen molar-refractivity contribution in [3.8, 4) is 22.5 Å². The van der Waals surface area contributed by atoms with Crippen LogP contribution < -0.4 is 11.1 Å². The number of rotatable bonds is 9. The van der Waals surface area contributed by atoms with Gasteiger partial charge in [0.1, 0.15) is 0 Å². The molecule has 1 unspecified atom stereocenters. The van der Waals surface area contributed by atoms with Crippen LogP contribution in [-0.4, -0.2) is 61.6 Å². The molecule has 0 aromatic heterocycles. The molecule has 224 valence electrons. The smallest absolute Gasteiger partial charge is 0.300 e. The van der Waals surface area contributed by atoms with Gasteiger partial charge >= 0.3 is 0 Å². The van der Waals surface area contributed by atoms with Gasteiger partial charge < -0.3 is 20.2 Å². The molecule has 0 saturated heterocycles. The molecule has 0 spiro atoms. The van der Waals surface area contributed by atoms with E-state index in [1.165, 1.54) is 23.1 Å². The normalized spacial score (nSPS) is 13.1. The lowest BCUT2D eigenvalue weighted by Gasteiger charge is -2.23. The molecule has 0 bridgehead atoms. The number of nitrogens with one attached hydrogen (secondary N) is 1. The minimum absolute atomic E-state index is 0.0418. The minimum atomic E-state index is -5.07. The zero-order valence-corrected chi connectivity index (χ0v) is 24.7. The summed E-state index contributed by atoms with van der Waals surface area (Å²) in [7, 11) is -8.50. The van der Waals surface area contributed by atoms with Gasteiger partial charge in [0, 0.05) is 35.7 Å². The Morgan fingerprint density at radius 3 is 2.24 bits per heavy atom. The third-order valence-electron chi connectivity index (χ3n) is 7.05. The highest BCUT2D eigenvalue weighted by Crippen LogP contribution is 2.45. The summed E-state index contributed by atoms with van der Waals surface area (Å²) in [6, 6.07) is 11.5. The van der Waals surface area contributed by atoms with E-state index in [1.54, 1.807) is 31.3 Å². The Labute approximate surface area is 242 Å². The van der Waals surface area contributed by atoms with Gasteiger partial charge in [0.2, 0.25) is 0 Å². The Bertz CT molecular complexity index is 1930. The lowest BCUT2D eigenvalue weighted by Crippen LogP contribution is -2.29. The van der Waals surface area contributed by atoms with Crippen molar-refractivity contribution < 1.29 is 40.3 Å². The molecule has 42 heavy (non-hydrogen) atoms. The molecule has 4 rings (SSSR count). The third-order valence-corrected chi connectivity index (χ3v) is 8.91. The Hall–Kier alpha value is -3.82. The van der Waals surface area contributed by atoms with E-state index in [2.05, 4.69) is 0 Å². The van der Waals surface area contributed by atoms with Gasteiger partial charge in [0.05, 0.1) is 17.1 Å². The summed E-state index contributed by atoms with van der Waals surface area (Å²) in [5.41, 5.74) is 5.57. The van der Waals surface area contributed by atoms with E-state index in [1.807, 2.05) is 13.8 Å². The molecule has 1 heterocycles. The summed E-state index contributed by atoms with van der Waals surface area (Å²) in [5.74, 6) is -0.916. The first-order valence-corrected chi connectivity index (χ1v) is 15.8. The monoisotopic (exact) mass is 617 g/mol. The number of carbonyl (C=O) groups excluding carboxylic acids is 1. The fraction of sp³-hybridized carbons (Fsp3) is 0.286. The SMILES string of the molecule is CC(C)C(O)CCCN(C)C(=O)c1ccccc1-c1c2ccc(=N)c(S(=O)(=O)O)c-2oc2c(S(=O)(=O)O)c(N)ccc12. The quantitative estimate of drug-likeness (QED) is 0.104. The molecule has 0 radical (unpaired) electrons. The molecular formula is C28H31N3O9S2. The van der Waals surface area contributed by atoms with Gasteiger partial charge in [-0.25, -0.2) is 0 Å². The Morgan fingerprint density at radius 2 is 1.62 bits per heavy atom. The number of aliphatic hydroxyl groups excluding tert-OH is 1. The number of benzene rings is 3. The van der Waals surface area contributed by atoms with Crippen molar-refractivity contribution in [1.29, 1.82) is 5.41 Å². The third kappa shape index (κ3) is 5.89. The first-order valence-electron chi connectivity index (χ1n) is 12.9. The van der Waals surface area contributed by atoms with Crippen molar-refractivity contribution in [2.45, 2.75) is 42.6 Å². The first kappa shape index (κ1) is 31.1. The van der Waals surface area contributed by atoms with Crippen molar-refractivity contribution in [3.05, 3.63) is 59.5 Å². The second-order valence-corrected chi connectivity index (χ2v) is 13.0. The topological polar surface area (TPSA) is 212 Å². The molecule has 1 aliphatic carbocycles. The van der Waals surface area contributed by atoms with Crippen LogP contribution in [0.25, 0.3) is 33.4 Å². The van der Waals surface area contributed by atoms with Crippen LogP contribution in [0.2, 0.25) is 0 Å². The zero-order chi connectivity index (χ0) is 31.1. The van der Waals surface area contributed by atoms with Crippen molar-refractivity contribution >= 4 is 42.8 Å². The lowest BCUT2D eigenvalue weighted by molar-refractivity contribution is 0.0767. The zero-order valence-electron chi connectivity index (χ0n) is 23.0. The van der Waals surface area contributed by atoms with E-state index in [9.17, 15) is 35.8 Å². The molecule has 0 saturated carbocycles. The molecule has 14 heteroatoms. The highest BCUT2D eigenvalue weighted by molar-refractivity contribution is 7.86. The number of nitrogen functional groups attached to an aromatic ring is 1. The molecule has 1 amide bonds. The number of anilines is 1. The molecule has 1 aliphatic heterocycles. The van der Waals surface area contributed by atoms with Crippen LogP contribution in [0.1, 0.15) is 37.0 Å². The summed E-state index contributed by atoms with van der Waals surface area (Å²) >= 11 is 0. The van der Waals surface area contributed by atoms with Crippen LogP contribution in [0.15, 0.2) is 62.7 Å². The maximum absolute atomic E-state index is 13.7. The number of carbonyl (C=O) groups is 1. The fourth-order valence-corrected chi connectivity index (χ4v) is 6.35. The van der Waals surface area contributed by atoms with Crippen LogP contribution in [0.5, 0.6) is 0 Å². The van der Waals surface area contributed by atoms with Crippen LogP contribution in [0.4, 0.5) is 5.69 Å². The van der Waals surface area contributed by atoms with Crippen LogP contribution >= 0.6 is 0 Å². The Kier molecular flexibility index (Phi) is 8.49. The summed E-state index contributed by atoms with van der Waals surface area (Å²) in [4.78, 5) is 13.4. The van der Waals surface area contributed by atoms with Gasteiger partial charge in [-0.05, 0) is 54.7 Å². The largest absolute Gasteiger partial charge is 0.453 e. The number of aliphatic hydroxyl groups is 1. The number of hydrogen-bond donors (Lipinski definition) is 5. The maximum atomic E-state index is 13.7. The average molecular weight is 618 g/mol. The summed E-state index contributed by atoms with van der Waals surface area (Å²) in [5, 5.41) is 17.7. The summed E-state index contributed by atoms with van der Waals surface area (Å²) in [6.07, 6.45) is 0.496. The maximum Gasteiger partial charge on any atom is 0.300 e. The number of fused-ring (bicyclic) bond motifs is 2. The number of nitrogens with two attached hydrogens (primary N) is 1. The average Bonchev–Trinajstić information content (AvgIpc) is 2.89. The van der Waals surface area contributed by atoms with E-state index in [-0.39, 0.29) is 33.6 Å². The van der Waals surface area contributed by atoms with Gasteiger partial charge in [-0.2, -0.15) is 16.8 Å². The van der Waals surface area contributed by atoms with Gasteiger partial charge in [0.15, 0.2) is 21.1 Å². The molecule has 2 aromatic rings. The van der Waals surface area contributed by atoms with E-state index in [0.717, 1.165) is 6.07 Å². The Morgan fingerprint density at radius 1 is 0.976 bits per heavy atom. The second kappa shape index (κ2) is 11.5. The summed E-state index contributed by atoms with van der Waals surface area (Å²) in [6.45, 7) is 4.12. The van der Waals surface area contributed by atoms with Gasteiger partial charge in [0.25, 0.3) is 26.1 Å². The van der Waals surface area contributed by atoms with Crippen molar-refractivity contribution in [1.82, 2.24) is 4.90 Å². The van der Waals surface area contributed by atoms with Crippen molar-refractivity contribution in [2.24, 2.45) is 5.92 Å². The molecule has 0 fully saturated rings. The van der Waals surface area contributed by atoms with E-state index in [0.29, 0.717) is 19.4 Å². The van der Waals surface area contributed by atoms with E-state index >= 15 is 0 Å². The van der Waals surface area contributed by atoms with Crippen LogP contribution in [-0.2, 0) is 20.2 Å².